The summed E-state index contributed by atoms with van der Waals surface area (Å²) in [4.78, 5) is 40.2. The van der Waals surface area contributed by atoms with Crippen molar-refractivity contribution < 1.29 is 14.4 Å². The van der Waals surface area contributed by atoms with E-state index in [1.54, 1.807) is 29.2 Å². The molecule has 3 amide bonds. The van der Waals surface area contributed by atoms with Crippen LogP contribution in [0.4, 0.5) is 0 Å². The minimum Gasteiger partial charge on any atom is -0.339 e. The van der Waals surface area contributed by atoms with E-state index < -0.39 is 11.8 Å². The molecule has 2 heterocycles. The van der Waals surface area contributed by atoms with Gasteiger partial charge in [-0.25, -0.2) is 0 Å². The Morgan fingerprint density at radius 2 is 1.50 bits per heavy atom. The number of amides is 3. The van der Waals surface area contributed by atoms with Crippen LogP contribution in [-0.2, 0) is 4.79 Å². The largest absolute Gasteiger partial charge is 0.339 e. The Kier molecular flexibility index (Phi) is 4.05. The van der Waals surface area contributed by atoms with Gasteiger partial charge in [-0.15, -0.1) is 0 Å². The molecule has 2 aliphatic rings. The molecule has 6 heteroatoms. The molecule has 1 saturated heterocycles. The molecule has 2 atom stereocenters. The second kappa shape index (κ2) is 6.38. The van der Waals surface area contributed by atoms with Gasteiger partial charge in [-0.1, -0.05) is 42.5 Å². The summed E-state index contributed by atoms with van der Waals surface area (Å²) in [5.74, 6) is -1.03. The van der Waals surface area contributed by atoms with Crippen LogP contribution in [0.3, 0.4) is 0 Å². The van der Waals surface area contributed by atoms with E-state index in [1.807, 2.05) is 30.3 Å². The van der Waals surface area contributed by atoms with E-state index in [9.17, 15) is 14.4 Å². The minimum atomic E-state index is -0.415. The van der Waals surface area contributed by atoms with Crippen LogP contribution < -0.4 is 5.73 Å². The maximum absolute atomic E-state index is 12.7. The maximum atomic E-state index is 12.7. The zero-order chi connectivity index (χ0) is 18.3. The molecule has 0 spiro atoms. The number of fused-ring (bicyclic) bond motifs is 1. The van der Waals surface area contributed by atoms with Gasteiger partial charge in [0.05, 0.1) is 11.1 Å². The first-order valence-corrected chi connectivity index (χ1v) is 8.60. The number of nitrogens with zero attached hydrogens (tertiary/aromatic N) is 2. The van der Waals surface area contributed by atoms with Crippen LogP contribution in [0.2, 0.25) is 0 Å². The summed E-state index contributed by atoms with van der Waals surface area (Å²) < 4.78 is 0. The van der Waals surface area contributed by atoms with Gasteiger partial charge in [-0.2, -0.15) is 0 Å². The van der Waals surface area contributed by atoms with E-state index in [1.165, 1.54) is 0 Å². The zero-order valence-electron chi connectivity index (χ0n) is 14.2. The Bertz CT molecular complexity index is 846. The summed E-state index contributed by atoms with van der Waals surface area (Å²) in [6.45, 7) is 0.662. The molecule has 4 rings (SSSR count). The molecule has 26 heavy (non-hydrogen) atoms. The van der Waals surface area contributed by atoms with E-state index in [4.69, 9.17) is 5.73 Å². The molecule has 2 N–H and O–H groups in total. The molecule has 2 aromatic carbocycles. The second-order valence-electron chi connectivity index (χ2n) is 6.72. The minimum absolute atomic E-state index is 0.0577. The quantitative estimate of drug-likeness (QED) is 0.845. The van der Waals surface area contributed by atoms with Crippen molar-refractivity contribution in [1.29, 1.82) is 0 Å². The van der Waals surface area contributed by atoms with Crippen molar-refractivity contribution in [2.75, 3.05) is 19.6 Å². The summed E-state index contributed by atoms with van der Waals surface area (Å²) in [6.07, 6.45) is 0. The topological polar surface area (TPSA) is 83.7 Å². The van der Waals surface area contributed by atoms with Crippen molar-refractivity contribution in [2.24, 2.45) is 5.73 Å². The second-order valence-corrected chi connectivity index (χ2v) is 6.72. The van der Waals surface area contributed by atoms with Crippen molar-refractivity contribution in [3.8, 4) is 0 Å². The molecule has 0 aromatic heterocycles. The molecule has 0 radical (unpaired) electrons. The molecule has 2 aliphatic heterocycles. The van der Waals surface area contributed by atoms with Crippen molar-refractivity contribution >= 4 is 17.7 Å². The summed E-state index contributed by atoms with van der Waals surface area (Å²) in [5.41, 5.74) is 8.03. The first-order chi connectivity index (χ1) is 12.6. The lowest BCUT2D eigenvalue weighted by molar-refractivity contribution is -0.130. The van der Waals surface area contributed by atoms with Gasteiger partial charge in [0.2, 0.25) is 5.91 Å². The summed E-state index contributed by atoms with van der Waals surface area (Å²) in [6, 6.07) is 16.3. The van der Waals surface area contributed by atoms with Gasteiger partial charge in [0.15, 0.2) is 0 Å². The van der Waals surface area contributed by atoms with Crippen molar-refractivity contribution in [1.82, 2.24) is 9.80 Å². The molecular weight excluding hydrogens is 330 g/mol. The lowest BCUT2D eigenvalue weighted by Gasteiger charge is -2.20. The third kappa shape index (κ3) is 2.68. The molecule has 0 bridgehead atoms. The Morgan fingerprint density at radius 3 is 2.12 bits per heavy atom. The molecule has 2 aromatic rings. The SMILES string of the molecule is N[C@@H]1CN(C(=O)CN2C(=O)c3ccccc3C2=O)C[C@H]1c1ccccc1. The monoisotopic (exact) mass is 349 g/mol. The van der Waals surface area contributed by atoms with Crippen molar-refractivity contribution in [3.63, 3.8) is 0 Å². The Morgan fingerprint density at radius 1 is 0.923 bits per heavy atom. The Hall–Kier alpha value is -2.99. The summed E-state index contributed by atoms with van der Waals surface area (Å²) in [7, 11) is 0. The highest BCUT2D eigenvalue weighted by Gasteiger charge is 2.39. The summed E-state index contributed by atoms with van der Waals surface area (Å²) in [5, 5.41) is 0. The third-order valence-electron chi connectivity index (χ3n) is 5.12. The van der Waals surface area contributed by atoms with Crippen LogP contribution in [0.5, 0.6) is 0 Å². The molecule has 0 unspecified atom stereocenters. The zero-order valence-corrected chi connectivity index (χ0v) is 14.2. The third-order valence-corrected chi connectivity index (χ3v) is 5.12. The van der Waals surface area contributed by atoms with E-state index in [0.717, 1.165) is 10.5 Å². The van der Waals surface area contributed by atoms with Crippen LogP contribution in [-0.4, -0.2) is 53.2 Å². The molecular formula is C20H19N3O3. The van der Waals surface area contributed by atoms with Crippen LogP contribution >= 0.6 is 0 Å². The summed E-state index contributed by atoms with van der Waals surface area (Å²) >= 11 is 0. The fraction of sp³-hybridized carbons (Fsp3) is 0.250. The van der Waals surface area contributed by atoms with Gasteiger partial charge in [-0.3, -0.25) is 19.3 Å². The van der Waals surface area contributed by atoms with E-state index in [-0.39, 0.29) is 24.4 Å². The number of benzene rings is 2. The predicted octanol–water partition coefficient (Wildman–Crippen LogP) is 1.24. The number of imide groups is 1. The number of hydrogen-bond acceptors (Lipinski definition) is 4. The first kappa shape index (κ1) is 16.5. The van der Waals surface area contributed by atoms with Crippen molar-refractivity contribution in [2.45, 2.75) is 12.0 Å². The van der Waals surface area contributed by atoms with Gasteiger partial charge in [0, 0.05) is 25.0 Å². The van der Waals surface area contributed by atoms with Crippen LogP contribution in [0, 0.1) is 0 Å². The normalized spacial score (nSPS) is 22.0. The lowest BCUT2D eigenvalue weighted by atomic mass is 9.95. The number of rotatable bonds is 3. The Balaban J connectivity index is 1.47. The van der Waals surface area contributed by atoms with E-state index in [2.05, 4.69) is 0 Å². The Labute approximate surface area is 151 Å². The van der Waals surface area contributed by atoms with E-state index >= 15 is 0 Å². The average Bonchev–Trinajstić information content (AvgIpc) is 3.17. The van der Waals surface area contributed by atoms with Crippen LogP contribution in [0.25, 0.3) is 0 Å². The first-order valence-electron chi connectivity index (χ1n) is 8.60. The molecule has 1 fully saturated rings. The number of carbonyl (C=O) groups excluding carboxylic acids is 3. The van der Waals surface area contributed by atoms with Gasteiger partial charge in [0.25, 0.3) is 11.8 Å². The average molecular weight is 349 g/mol. The van der Waals surface area contributed by atoms with Crippen LogP contribution in [0.1, 0.15) is 32.2 Å². The molecule has 0 aliphatic carbocycles. The fourth-order valence-electron chi connectivity index (χ4n) is 3.70. The van der Waals surface area contributed by atoms with Gasteiger partial charge >= 0.3 is 0 Å². The van der Waals surface area contributed by atoms with Gasteiger partial charge < -0.3 is 10.6 Å². The number of carbonyl (C=O) groups is 3. The highest BCUT2D eigenvalue weighted by molar-refractivity contribution is 6.22. The highest BCUT2D eigenvalue weighted by atomic mass is 16.2. The molecule has 6 nitrogen and oxygen atoms in total. The van der Waals surface area contributed by atoms with Gasteiger partial charge in [0.1, 0.15) is 6.54 Å². The number of likely N-dealkylation sites (tertiary alicyclic amines) is 1. The van der Waals surface area contributed by atoms with Crippen LogP contribution in [0.15, 0.2) is 54.6 Å². The predicted molar refractivity (Wildman–Crippen MR) is 95.5 cm³/mol. The number of hydrogen-bond donors (Lipinski definition) is 1. The standard InChI is InChI=1S/C20H19N3O3/c21-17-11-22(10-16(17)13-6-2-1-3-7-13)18(24)12-23-19(25)14-8-4-5-9-15(14)20(23)26/h1-9,16-17H,10-12,21H2/t16-,17+/m0/s1. The van der Waals surface area contributed by atoms with Gasteiger partial charge in [-0.05, 0) is 17.7 Å². The highest BCUT2D eigenvalue weighted by Crippen LogP contribution is 2.27. The lowest BCUT2D eigenvalue weighted by Crippen LogP contribution is -2.42. The number of nitrogens with two attached hydrogens (primary N) is 1. The molecule has 0 saturated carbocycles. The fourth-order valence-corrected chi connectivity index (χ4v) is 3.70. The smallest absolute Gasteiger partial charge is 0.262 e. The van der Waals surface area contributed by atoms with Crippen molar-refractivity contribution in [3.05, 3.63) is 71.3 Å². The molecule has 132 valence electrons. The maximum Gasteiger partial charge on any atom is 0.262 e. The van der Waals surface area contributed by atoms with E-state index in [0.29, 0.717) is 24.2 Å².